The fraction of sp³-hybridized carbons (Fsp3) is 0. The van der Waals surface area contributed by atoms with Crippen molar-refractivity contribution >= 4 is 43.1 Å². The van der Waals surface area contributed by atoms with E-state index in [1.54, 1.807) is 0 Å². The van der Waals surface area contributed by atoms with Gasteiger partial charge in [0.25, 0.3) is 0 Å². The fourth-order valence-electron chi connectivity index (χ4n) is 4.01. The number of hydrogen-bond acceptors (Lipinski definition) is 0. The third-order valence-electron chi connectivity index (χ3n) is 5.50. The molecule has 5 aromatic carbocycles. The first-order valence-corrected chi connectivity index (χ1v) is 8.96. The van der Waals surface area contributed by atoms with E-state index in [1.165, 1.54) is 0 Å². The lowest BCUT2D eigenvalue weighted by Gasteiger charge is -2.16. The molecule has 0 heterocycles. The Kier molecular flexibility index (Phi) is 4.68. The topological polar surface area (TPSA) is 0 Å². The minimum atomic E-state index is -2.66. The molecule has 0 N–H and O–H groups in total. The zero-order valence-electron chi connectivity index (χ0n) is 15.9. The van der Waals surface area contributed by atoms with Crippen LogP contribution in [0, 0.1) is 81.7 Å². The van der Waals surface area contributed by atoms with E-state index in [-0.39, 0.29) is 0 Å². The molecule has 35 heavy (non-hydrogen) atoms. The maximum atomic E-state index is 15.2. The zero-order valence-corrected chi connectivity index (χ0v) is 15.9. The third-order valence-corrected chi connectivity index (χ3v) is 5.50. The van der Waals surface area contributed by atoms with Gasteiger partial charge in [0.05, 0.1) is 49.2 Å². The fourth-order valence-corrected chi connectivity index (χ4v) is 4.01. The largest absolute Gasteiger partial charge is 0.205 e. The smallest absolute Gasteiger partial charge is 0.198 e. The Morgan fingerprint density at radius 1 is 0.229 bits per heavy atom. The van der Waals surface area contributed by atoms with E-state index < -0.39 is 119 Å². The van der Waals surface area contributed by atoms with Crippen LogP contribution in [0.5, 0.6) is 0 Å². The van der Waals surface area contributed by atoms with Crippen LogP contribution in [0.3, 0.4) is 0 Å². The number of hydrogen-bond donors (Lipinski definition) is 0. The minimum Gasteiger partial charge on any atom is -0.205 e. The average Bonchev–Trinajstić information content (AvgIpc) is 2.80. The predicted molar refractivity (Wildman–Crippen MR) is 94.8 cm³/mol. The van der Waals surface area contributed by atoms with Crippen molar-refractivity contribution in [1.29, 1.82) is 0 Å². The Bertz CT molecular complexity index is 1820. The van der Waals surface area contributed by atoms with Gasteiger partial charge in [0.15, 0.2) is 34.9 Å². The molecule has 0 saturated carbocycles. The van der Waals surface area contributed by atoms with E-state index in [4.69, 9.17) is 0 Å². The lowest BCUT2D eigenvalue weighted by Crippen LogP contribution is -2.07. The number of rotatable bonds is 0. The van der Waals surface area contributed by atoms with Gasteiger partial charge in [-0.2, -0.15) is 0 Å². The summed E-state index contributed by atoms with van der Waals surface area (Å²) in [4.78, 5) is 0. The van der Waals surface area contributed by atoms with Gasteiger partial charge in [0, 0.05) is 0 Å². The van der Waals surface area contributed by atoms with E-state index in [0.29, 0.717) is 0 Å². The first kappa shape index (κ1) is 23.0. The molecular weight excluding hydrogens is 511 g/mol. The van der Waals surface area contributed by atoms with Crippen molar-refractivity contribution in [3.05, 3.63) is 81.7 Å². The van der Waals surface area contributed by atoms with Gasteiger partial charge in [0.1, 0.15) is 40.7 Å². The van der Waals surface area contributed by atoms with Gasteiger partial charge in [-0.05, 0) is 0 Å². The van der Waals surface area contributed by atoms with Crippen LogP contribution >= 0.6 is 0 Å². The molecule has 0 aliphatic rings. The highest BCUT2D eigenvalue weighted by molar-refractivity contribution is 6.11. The quantitative estimate of drug-likeness (QED) is 0.0859. The zero-order chi connectivity index (χ0) is 25.8. The lowest BCUT2D eigenvalue weighted by molar-refractivity contribution is 0.415. The first-order valence-electron chi connectivity index (χ1n) is 8.96. The molecule has 179 valence electrons. The molecule has 1 radical (unpaired) electrons. The van der Waals surface area contributed by atoms with Gasteiger partial charge in [-0.25, -0.2) is 57.1 Å². The van der Waals surface area contributed by atoms with Crippen molar-refractivity contribution in [3.8, 4) is 0 Å². The normalized spacial score (nSPS) is 12.1. The first-order chi connectivity index (χ1) is 16.3. The standard InChI is InChI=1S/C22F13/c23-2-1-3(24)12(25)5-4(2)13(26)6-7(14(5)27)16(29)9-8(15(6)28)17(30)10-11(18(9)31)20(33)22(35)21(34)19(10)32. The van der Waals surface area contributed by atoms with Gasteiger partial charge in [0.2, 0.25) is 0 Å². The SMILES string of the molecule is Fc1[c]c(F)c2c(F)c3c(F)c4c(F)c5c(F)c(F)c(F)c(F)c5c(F)c4c(F)c3c(F)c2c1F. The molecule has 0 amide bonds. The highest BCUT2D eigenvalue weighted by Crippen LogP contribution is 2.44. The van der Waals surface area contributed by atoms with Crippen LogP contribution in [0.4, 0.5) is 57.1 Å². The summed E-state index contributed by atoms with van der Waals surface area (Å²) in [6.07, 6.45) is 0. The molecule has 0 spiro atoms. The second-order valence-corrected chi connectivity index (χ2v) is 7.21. The highest BCUT2D eigenvalue weighted by Gasteiger charge is 2.34. The molecule has 0 aromatic heterocycles. The van der Waals surface area contributed by atoms with Crippen molar-refractivity contribution in [2.24, 2.45) is 0 Å². The Balaban J connectivity index is 2.21. The van der Waals surface area contributed by atoms with Crippen molar-refractivity contribution < 1.29 is 57.1 Å². The Hall–Kier alpha value is -3.77. The molecule has 0 aliphatic heterocycles. The molecule has 0 saturated heterocycles. The molecule has 0 atom stereocenters. The van der Waals surface area contributed by atoms with Crippen molar-refractivity contribution in [2.45, 2.75) is 0 Å². The summed E-state index contributed by atoms with van der Waals surface area (Å²) in [6.45, 7) is 0. The summed E-state index contributed by atoms with van der Waals surface area (Å²) in [5, 5.41) is -15.8. The number of halogens is 13. The van der Waals surface area contributed by atoms with Gasteiger partial charge < -0.3 is 0 Å². The van der Waals surface area contributed by atoms with Crippen LogP contribution in [-0.2, 0) is 0 Å². The maximum Gasteiger partial charge on any atom is 0.198 e. The predicted octanol–water partition coefficient (Wildman–Crippen LogP) is 7.91. The summed E-state index contributed by atoms with van der Waals surface area (Å²) in [7, 11) is 0. The van der Waals surface area contributed by atoms with Gasteiger partial charge >= 0.3 is 0 Å². The summed E-state index contributed by atoms with van der Waals surface area (Å²) >= 11 is 0. The summed E-state index contributed by atoms with van der Waals surface area (Å²) in [6, 6.07) is 1.02. The van der Waals surface area contributed by atoms with E-state index in [9.17, 15) is 30.7 Å². The molecule has 13 heteroatoms. The summed E-state index contributed by atoms with van der Waals surface area (Å²) in [5.74, 6) is -31.6. The monoisotopic (exact) mass is 511 g/mol. The van der Waals surface area contributed by atoms with Gasteiger partial charge in [-0.1, -0.05) is 0 Å². The Morgan fingerprint density at radius 2 is 0.486 bits per heavy atom. The van der Waals surface area contributed by atoms with Crippen molar-refractivity contribution in [3.63, 3.8) is 0 Å². The lowest BCUT2D eigenvalue weighted by atomic mass is 9.93. The number of fused-ring (bicyclic) bond motifs is 4. The van der Waals surface area contributed by atoms with Crippen LogP contribution < -0.4 is 0 Å². The molecular formula is C22F13. The molecule has 0 aliphatic carbocycles. The van der Waals surface area contributed by atoms with Gasteiger partial charge in [-0.3, -0.25) is 0 Å². The molecule has 0 bridgehead atoms. The number of benzene rings is 5. The molecule has 0 nitrogen and oxygen atoms in total. The Labute approximate surface area is 182 Å². The molecule has 0 unspecified atom stereocenters. The van der Waals surface area contributed by atoms with Crippen molar-refractivity contribution in [1.82, 2.24) is 0 Å². The van der Waals surface area contributed by atoms with E-state index in [0.717, 1.165) is 6.07 Å². The van der Waals surface area contributed by atoms with E-state index in [1.807, 2.05) is 0 Å². The molecule has 0 fully saturated rings. The maximum absolute atomic E-state index is 15.2. The molecule has 5 rings (SSSR count). The van der Waals surface area contributed by atoms with Crippen molar-refractivity contribution in [2.75, 3.05) is 0 Å². The second kappa shape index (κ2) is 7.12. The average molecular weight is 511 g/mol. The summed E-state index contributed by atoms with van der Waals surface area (Å²) < 4.78 is 188. The second-order valence-electron chi connectivity index (χ2n) is 7.21. The Morgan fingerprint density at radius 3 is 0.829 bits per heavy atom. The minimum absolute atomic E-state index is 1.02. The summed E-state index contributed by atoms with van der Waals surface area (Å²) in [5.41, 5.74) is 0. The van der Waals surface area contributed by atoms with Gasteiger partial charge in [-0.15, -0.1) is 0 Å². The van der Waals surface area contributed by atoms with Crippen LogP contribution in [-0.4, -0.2) is 0 Å². The van der Waals surface area contributed by atoms with E-state index in [2.05, 4.69) is 0 Å². The van der Waals surface area contributed by atoms with Crippen LogP contribution in [0.1, 0.15) is 0 Å². The third kappa shape index (κ3) is 2.60. The molecule has 5 aromatic rings. The van der Waals surface area contributed by atoms with Crippen LogP contribution in [0.2, 0.25) is 0 Å². The highest BCUT2D eigenvalue weighted by atomic mass is 19.2. The van der Waals surface area contributed by atoms with Crippen LogP contribution in [0.15, 0.2) is 0 Å². The van der Waals surface area contributed by atoms with Crippen LogP contribution in [0.25, 0.3) is 43.1 Å². The van der Waals surface area contributed by atoms with E-state index >= 15 is 26.3 Å².